The number of rotatable bonds is 5. The third kappa shape index (κ3) is 3.12. The van der Waals surface area contributed by atoms with Crippen LogP contribution in [0.2, 0.25) is 0 Å². The molecule has 1 aromatic carbocycles. The van der Waals surface area contributed by atoms with E-state index in [9.17, 15) is 15.0 Å². The van der Waals surface area contributed by atoms with Gasteiger partial charge in [-0.05, 0) is 48.6 Å². The van der Waals surface area contributed by atoms with Gasteiger partial charge in [0, 0.05) is 17.6 Å². The molecule has 0 atom stereocenters. The van der Waals surface area contributed by atoms with Crippen LogP contribution >= 0.6 is 0 Å². The number of carboxylic acid groups (broad SMARTS) is 1. The number of carbonyl (C=O) groups is 1. The highest BCUT2D eigenvalue weighted by molar-refractivity contribution is 5.97. The Kier molecular flexibility index (Phi) is 4.82. The van der Waals surface area contributed by atoms with Crippen molar-refractivity contribution < 1.29 is 15.0 Å². The highest BCUT2D eigenvalue weighted by atomic mass is 16.4. The first kappa shape index (κ1) is 17.5. The molecule has 2 aromatic rings. The van der Waals surface area contributed by atoms with Gasteiger partial charge in [0.25, 0.3) is 0 Å². The Morgan fingerprint density at radius 2 is 1.96 bits per heavy atom. The summed E-state index contributed by atoms with van der Waals surface area (Å²) in [5.74, 6) is -0.927. The predicted octanol–water partition coefficient (Wildman–Crippen LogP) is 2.44. The second-order valence-electron chi connectivity index (χ2n) is 6.95. The highest BCUT2D eigenvalue weighted by Gasteiger charge is 2.25. The summed E-state index contributed by atoms with van der Waals surface area (Å²) in [7, 11) is 0. The van der Waals surface area contributed by atoms with E-state index in [0.717, 1.165) is 27.7 Å². The van der Waals surface area contributed by atoms with Gasteiger partial charge in [0.1, 0.15) is 0 Å². The van der Waals surface area contributed by atoms with Crippen molar-refractivity contribution in [3.05, 3.63) is 34.5 Å². The van der Waals surface area contributed by atoms with E-state index >= 15 is 0 Å². The molecular formula is C18H26N2O3. The molecule has 0 aliphatic carbocycles. The Morgan fingerprint density at radius 1 is 1.30 bits per heavy atom. The molecule has 0 saturated carbocycles. The van der Waals surface area contributed by atoms with E-state index in [0.29, 0.717) is 25.1 Å². The minimum Gasteiger partial charge on any atom is -0.478 e. The Bertz CT molecular complexity index is 739. The van der Waals surface area contributed by atoms with Crippen LogP contribution < -0.4 is 5.73 Å². The monoisotopic (exact) mass is 318 g/mol. The number of aliphatic hydroxyl groups excluding tert-OH is 1. The van der Waals surface area contributed by atoms with Crippen LogP contribution in [-0.2, 0) is 18.4 Å². The lowest BCUT2D eigenvalue weighted by atomic mass is 9.84. The molecule has 5 nitrogen and oxygen atoms in total. The van der Waals surface area contributed by atoms with E-state index in [2.05, 4.69) is 25.3 Å². The average molecular weight is 318 g/mol. The maximum absolute atomic E-state index is 11.5. The van der Waals surface area contributed by atoms with Gasteiger partial charge in [-0.1, -0.05) is 20.8 Å². The van der Waals surface area contributed by atoms with E-state index in [1.165, 1.54) is 0 Å². The van der Waals surface area contributed by atoms with Crippen LogP contribution in [0.3, 0.4) is 0 Å². The smallest absolute Gasteiger partial charge is 0.335 e. The predicted molar refractivity (Wildman–Crippen MR) is 92.2 cm³/mol. The zero-order chi connectivity index (χ0) is 17.4. The molecular weight excluding hydrogens is 292 g/mol. The van der Waals surface area contributed by atoms with E-state index in [1.807, 2.05) is 6.92 Å². The number of benzene rings is 1. The molecule has 0 fully saturated rings. The quantitative estimate of drug-likeness (QED) is 0.790. The maximum Gasteiger partial charge on any atom is 0.335 e. The number of nitrogens with zero attached hydrogens (tertiary/aromatic N) is 1. The molecule has 0 amide bonds. The molecule has 1 heterocycles. The van der Waals surface area contributed by atoms with Gasteiger partial charge in [0.05, 0.1) is 17.7 Å². The van der Waals surface area contributed by atoms with Gasteiger partial charge < -0.3 is 20.5 Å². The molecule has 4 N–H and O–H groups in total. The molecule has 0 spiro atoms. The molecule has 5 heteroatoms. The van der Waals surface area contributed by atoms with E-state index < -0.39 is 5.97 Å². The van der Waals surface area contributed by atoms with Gasteiger partial charge >= 0.3 is 5.97 Å². The molecule has 0 unspecified atom stereocenters. The molecule has 2 rings (SSSR count). The van der Waals surface area contributed by atoms with Crippen molar-refractivity contribution in [2.45, 2.75) is 46.1 Å². The Labute approximate surface area is 136 Å². The van der Waals surface area contributed by atoms with Crippen molar-refractivity contribution in [2.24, 2.45) is 5.73 Å². The van der Waals surface area contributed by atoms with Crippen LogP contribution in [0.15, 0.2) is 12.1 Å². The topological polar surface area (TPSA) is 88.5 Å². The molecule has 126 valence electrons. The second kappa shape index (κ2) is 6.34. The van der Waals surface area contributed by atoms with Crippen LogP contribution in [0.4, 0.5) is 0 Å². The summed E-state index contributed by atoms with van der Waals surface area (Å²) in [5.41, 5.74) is 9.95. The third-order valence-corrected chi connectivity index (χ3v) is 4.32. The first-order valence-electron chi connectivity index (χ1n) is 7.92. The fourth-order valence-electron chi connectivity index (χ4n) is 3.22. The number of aliphatic hydroxyl groups is 1. The van der Waals surface area contributed by atoms with E-state index in [-0.39, 0.29) is 12.0 Å². The summed E-state index contributed by atoms with van der Waals surface area (Å²) in [6, 6.07) is 3.49. The van der Waals surface area contributed by atoms with Crippen molar-refractivity contribution >= 4 is 16.9 Å². The lowest BCUT2D eigenvalue weighted by Gasteiger charge is -2.22. The summed E-state index contributed by atoms with van der Waals surface area (Å²) < 4.78 is 2.09. The molecule has 0 aliphatic rings. The molecule has 0 aliphatic heterocycles. The molecule has 0 bridgehead atoms. The summed E-state index contributed by atoms with van der Waals surface area (Å²) in [4.78, 5) is 11.5. The molecule has 0 saturated heterocycles. The summed E-state index contributed by atoms with van der Waals surface area (Å²) in [6.45, 7) is 9.25. The van der Waals surface area contributed by atoms with Crippen molar-refractivity contribution in [1.29, 1.82) is 0 Å². The van der Waals surface area contributed by atoms with Crippen LogP contribution in [0.25, 0.3) is 10.9 Å². The van der Waals surface area contributed by atoms with Crippen molar-refractivity contribution in [3.63, 3.8) is 0 Å². The van der Waals surface area contributed by atoms with Gasteiger partial charge in [-0.15, -0.1) is 0 Å². The van der Waals surface area contributed by atoms with Gasteiger partial charge in [0.2, 0.25) is 0 Å². The third-order valence-electron chi connectivity index (χ3n) is 4.32. The minimum atomic E-state index is -0.927. The first-order valence-corrected chi connectivity index (χ1v) is 7.92. The SMILES string of the molecule is Cc1c(CCN)c2cc(C(=O)O)cc(C(C)(C)C)c2n1CCO. The Balaban J connectivity index is 2.96. The van der Waals surface area contributed by atoms with Gasteiger partial charge in [-0.3, -0.25) is 0 Å². The zero-order valence-electron chi connectivity index (χ0n) is 14.3. The summed E-state index contributed by atoms with van der Waals surface area (Å²) >= 11 is 0. The largest absolute Gasteiger partial charge is 0.478 e. The Morgan fingerprint density at radius 3 is 2.43 bits per heavy atom. The fraction of sp³-hybridized carbons (Fsp3) is 0.500. The lowest BCUT2D eigenvalue weighted by molar-refractivity contribution is 0.0697. The molecule has 23 heavy (non-hydrogen) atoms. The Hall–Kier alpha value is -1.85. The average Bonchev–Trinajstić information content (AvgIpc) is 2.71. The minimum absolute atomic E-state index is 0.0386. The molecule has 1 aromatic heterocycles. The first-order chi connectivity index (χ1) is 10.7. The van der Waals surface area contributed by atoms with Crippen LogP contribution in [-0.4, -0.2) is 33.9 Å². The van der Waals surface area contributed by atoms with Crippen molar-refractivity contribution in [2.75, 3.05) is 13.2 Å². The summed E-state index contributed by atoms with van der Waals surface area (Å²) in [6.07, 6.45) is 0.688. The van der Waals surface area contributed by atoms with Gasteiger partial charge in [-0.2, -0.15) is 0 Å². The highest BCUT2D eigenvalue weighted by Crippen LogP contribution is 2.36. The van der Waals surface area contributed by atoms with E-state index in [1.54, 1.807) is 12.1 Å². The van der Waals surface area contributed by atoms with Crippen LogP contribution in [0.1, 0.15) is 48.0 Å². The number of carboxylic acids is 1. The second-order valence-corrected chi connectivity index (χ2v) is 6.95. The number of nitrogens with two attached hydrogens (primary N) is 1. The standard InChI is InChI=1S/C18H26N2O3/c1-11-13(5-6-19)14-9-12(17(22)23)10-15(18(2,3)4)16(14)20(11)7-8-21/h9-10,21H,5-8,19H2,1-4H3,(H,22,23). The van der Waals surface area contributed by atoms with Gasteiger partial charge in [0.15, 0.2) is 0 Å². The fourth-order valence-corrected chi connectivity index (χ4v) is 3.22. The normalized spacial score (nSPS) is 12.1. The number of hydrogen-bond donors (Lipinski definition) is 3. The van der Waals surface area contributed by atoms with Crippen molar-refractivity contribution in [3.8, 4) is 0 Å². The number of aromatic nitrogens is 1. The zero-order valence-corrected chi connectivity index (χ0v) is 14.3. The summed E-state index contributed by atoms with van der Waals surface area (Å²) in [5, 5.41) is 19.8. The number of aromatic carboxylic acids is 1. The van der Waals surface area contributed by atoms with Crippen LogP contribution in [0, 0.1) is 6.92 Å². The number of fused-ring (bicyclic) bond motifs is 1. The number of hydrogen-bond acceptors (Lipinski definition) is 3. The van der Waals surface area contributed by atoms with Gasteiger partial charge in [-0.25, -0.2) is 4.79 Å². The van der Waals surface area contributed by atoms with E-state index in [4.69, 9.17) is 5.73 Å². The molecule has 0 radical (unpaired) electrons. The van der Waals surface area contributed by atoms with Crippen molar-refractivity contribution in [1.82, 2.24) is 4.57 Å². The van der Waals surface area contributed by atoms with Crippen LogP contribution in [0.5, 0.6) is 0 Å². The lowest BCUT2D eigenvalue weighted by Crippen LogP contribution is -2.16. The maximum atomic E-state index is 11.5.